The highest BCUT2D eigenvalue weighted by molar-refractivity contribution is 14.1. The third kappa shape index (κ3) is 6.91. The minimum Gasteiger partial charge on any atom is -0.388 e. The molecule has 0 aliphatic heterocycles. The Kier molecular flexibility index (Phi) is 10.2. The zero-order chi connectivity index (χ0) is 33.1. The number of aromatic nitrogens is 8. The molecule has 1 aliphatic carbocycles. The van der Waals surface area contributed by atoms with E-state index in [1.54, 1.807) is 2.90 Å². The van der Waals surface area contributed by atoms with Gasteiger partial charge in [-0.1, -0.05) is 75.7 Å². The van der Waals surface area contributed by atoms with Crippen LogP contribution in [-0.4, -0.2) is 61.0 Å². The Morgan fingerprint density at radius 3 is 2.34 bits per heavy atom. The second kappa shape index (κ2) is 14.3. The van der Waals surface area contributed by atoms with Crippen molar-refractivity contribution in [1.29, 1.82) is 0 Å². The van der Waals surface area contributed by atoms with Crippen molar-refractivity contribution in [1.82, 2.24) is 37.6 Å². The van der Waals surface area contributed by atoms with Crippen molar-refractivity contribution >= 4 is 28.6 Å². The van der Waals surface area contributed by atoms with Crippen LogP contribution in [0.3, 0.4) is 0 Å². The van der Waals surface area contributed by atoms with Gasteiger partial charge in [-0.05, 0) is 79.0 Å². The van der Waals surface area contributed by atoms with Crippen LogP contribution in [0.1, 0.15) is 94.4 Å². The smallest absolute Gasteiger partial charge is 0.259 e. The molecule has 0 amide bonds. The first-order valence-electron chi connectivity index (χ1n) is 16.7. The molecule has 1 aliphatic rings. The summed E-state index contributed by atoms with van der Waals surface area (Å²) in [6.07, 6.45) is 6.83. The molecule has 12 heteroatoms. The summed E-state index contributed by atoms with van der Waals surface area (Å²) >= 11 is 2.08. The quantitative estimate of drug-likeness (QED) is 0.147. The summed E-state index contributed by atoms with van der Waals surface area (Å²) in [6, 6.07) is 16.5. The lowest BCUT2D eigenvalue weighted by molar-refractivity contribution is -0.0865. The van der Waals surface area contributed by atoms with E-state index in [0.29, 0.717) is 43.3 Å². The van der Waals surface area contributed by atoms with Crippen molar-refractivity contribution < 1.29 is 9.84 Å². The first kappa shape index (κ1) is 33.4. The highest BCUT2D eigenvalue weighted by Gasteiger charge is 2.30. The SMILES string of the molecule is CCCc1c(Cc2ccc(-c3ccccc3-c3nnnn3I)cc2)c(=O)n(C2CCC(OCC(O)(CC)CC)CC2)c2nc(C)nn12. The molecule has 2 aromatic carbocycles. The average molecular weight is 751 g/mol. The topological polar surface area (TPSA) is 125 Å². The maximum Gasteiger partial charge on any atom is 0.259 e. The van der Waals surface area contributed by atoms with Crippen molar-refractivity contribution in [2.45, 2.75) is 103 Å². The van der Waals surface area contributed by atoms with Gasteiger partial charge in [-0.2, -0.15) is 13.0 Å². The van der Waals surface area contributed by atoms with E-state index in [9.17, 15) is 9.90 Å². The van der Waals surface area contributed by atoms with E-state index < -0.39 is 5.60 Å². The van der Waals surface area contributed by atoms with Crippen LogP contribution in [0.5, 0.6) is 0 Å². The molecule has 0 bridgehead atoms. The van der Waals surface area contributed by atoms with Gasteiger partial charge in [0.15, 0.2) is 5.82 Å². The van der Waals surface area contributed by atoms with Gasteiger partial charge in [-0.25, -0.2) is 4.52 Å². The highest BCUT2D eigenvalue weighted by atomic mass is 127. The van der Waals surface area contributed by atoms with E-state index in [1.807, 2.05) is 48.1 Å². The summed E-state index contributed by atoms with van der Waals surface area (Å²) in [4.78, 5) is 19.3. The molecular weight excluding hydrogens is 707 g/mol. The van der Waals surface area contributed by atoms with Crippen LogP contribution in [0.4, 0.5) is 0 Å². The lowest BCUT2D eigenvalue weighted by atomic mass is 9.91. The number of ether oxygens (including phenoxy) is 1. The molecule has 3 heterocycles. The molecule has 0 spiro atoms. The van der Waals surface area contributed by atoms with Gasteiger partial charge in [0, 0.05) is 23.6 Å². The minimum absolute atomic E-state index is 0.00688. The molecule has 0 atom stereocenters. The van der Waals surface area contributed by atoms with Crippen LogP contribution < -0.4 is 5.56 Å². The lowest BCUT2D eigenvalue weighted by Gasteiger charge is -2.33. The summed E-state index contributed by atoms with van der Waals surface area (Å²) < 4.78 is 11.6. The van der Waals surface area contributed by atoms with Crippen molar-refractivity contribution in [2.24, 2.45) is 0 Å². The lowest BCUT2D eigenvalue weighted by Crippen LogP contribution is -2.37. The van der Waals surface area contributed by atoms with Gasteiger partial charge >= 0.3 is 0 Å². The molecule has 3 aromatic heterocycles. The van der Waals surface area contributed by atoms with Gasteiger partial charge in [-0.15, -0.1) is 5.10 Å². The number of halogens is 1. The molecule has 47 heavy (non-hydrogen) atoms. The summed E-state index contributed by atoms with van der Waals surface area (Å²) in [6.45, 7) is 8.35. The third-order valence-electron chi connectivity index (χ3n) is 9.64. The largest absolute Gasteiger partial charge is 0.388 e. The third-order valence-corrected chi connectivity index (χ3v) is 10.3. The Hall–Kier alpha value is -3.49. The molecule has 1 fully saturated rings. The summed E-state index contributed by atoms with van der Waals surface area (Å²) in [7, 11) is 0. The minimum atomic E-state index is -0.780. The van der Waals surface area contributed by atoms with E-state index in [0.717, 1.165) is 72.0 Å². The zero-order valence-corrected chi connectivity index (χ0v) is 29.7. The average Bonchev–Trinajstić information content (AvgIpc) is 3.70. The summed E-state index contributed by atoms with van der Waals surface area (Å²) in [5.41, 5.74) is 5.04. The Bertz CT molecular complexity index is 1890. The number of benzene rings is 2. The van der Waals surface area contributed by atoms with Crippen LogP contribution in [0.2, 0.25) is 0 Å². The van der Waals surface area contributed by atoms with E-state index in [2.05, 4.69) is 75.6 Å². The fourth-order valence-corrected chi connectivity index (χ4v) is 7.13. The van der Waals surface area contributed by atoms with Gasteiger partial charge in [-0.3, -0.25) is 9.36 Å². The standard InChI is InChI=1S/C35H43IN8O3/c1-5-10-31-30(21-24-13-15-25(16-14-24)28-11-8-9-12-29(28)32-38-40-41-44(32)36)33(45)42(34-37-23(4)39-43(31)34)26-17-19-27(20-18-26)47-22-35(46,6-2)7-3/h8-9,11-16,26-27,46H,5-7,10,17-22H2,1-4H3. The van der Waals surface area contributed by atoms with Gasteiger partial charge in [0.2, 0.25) is 5.78 Å². The number of hydrogen-bond donors (Lipinski definition) is 1. The molecule has 1 N–H and O–H groups in total. The highest BCUT2D eigenvalue weighted by Crippen LogP contribution is 2.33. The number of rotatable bonds is 12. The van der Waals surface area contributed by atoms with Crippen LogP contribution in [0.25, 0.3) is 28.3 Å². The molecule has 0 saturated heterocycles. The second-order valence-corrected chi connectivity index (χ2v) is 13.6. The fourth-order valence-electron chi connectivity index (χ4n) is 6.69. The molecule has 248 valence electrons. The van der Waals surface area contributed by atoms with Crippen molar-refractivity contribution in [3.05, 3.63) is 81.5 Å². The normalized spacial score (nSPS) is 17.1. The molecule has 5 aromatic rings. The zero-order valence-electron chi connectivity index (χ0n) is 27.6. The predicted octanol–water partition coefficient (Wildman–Crippen LogP) is 6.31. The Morgan fingerprint density at radius 1 is 1.00 bits per heavy atom. The summed E-state index contributed by atoms with van der Waals surface area (Å²) in [5, 5.41) is 27.5. The molecule has 1 saturated carbocycles. The van der Waals surface area contributed by atoms with Crippen LogP contribution in [-0.2, 0) is 17.6 Å². The first-order valence-corrected chi connectivity index (χ1v) is 17.7. The second-order valence-electron chi connectivity index (χ2n) is 12.7. The first-order chi connectivity index (χ1) is 22.7. The monoisotopic (exact) mass is 750 g/mol. The number of aryl methyl sites for hydroxylation is 2. The van der Waals surface area contributed by atoms with E-state index in [1.165, 1.54) is 0 Å². The number of nitrogens with zero attached hydrogens (tertiary/aromatic N) is 8. The molecular formula is C35H43IN8O3. The molecule has 6 rings (SSSR count). The number of tetrazole rings is 1. The Balaban J connectivity index is 1.30. The van der Waals surface area contributed by atoms with Gasteiger partial charge in [0.25, 0.3) is 5.56 Å². The number of hydrogen-bond acceptors (Lipinski definition) is 8. The molecule has 11 nitrogen and oxygen atoms in total. The predicted molar refractivity (Wildman–Crippen MR) is 190 cm³/mol. The van der Waals surface area contributed by atoms with Gasteiger partial charge in [0.1, 0.15) is 5.82 Å². The van der Waals surface area contributed by atoms with Crippen LogP contribution >= 0.6 is 22.9 Å². The summed E-state index contributed by atoms with van der Waals surface area (Å²) in [5.74, 6) is 1.97. The Labute approximate surface area is 288 Å². The van der Waals surface area contributed by atoms with E-state index >= 15 is 0 Å². The van der Waals surface area contributed by atoms with E-state index in [-0.39, 0.29) is 17.7 Å². The molecule has 0 radical (unpaired) electrons. The Morgan fingerprint density at radius 2 is 1.70 bits per heavy atom. The number of fused-ring (bicyclic) bond motifs is 1. The van der Waals surface area contributed by atoms with Gasteiger partial charge < -0.3 is 9.84 Å². The van der Waals surface area contributed by atoms with Crippen molar-refractivity contribution in [2.75, 3.05) is 6.61 Å². The van der Waals surface area contributed by atoms with Crippen molar-refractivity contribution in [3.8, 4) is 22.5 Å². The molecule has 0 unspecified atom stereocenters. The number of aliphatic hydroxyl groups is 1. The van der Waals surface area contributed by atoms with Crippen LogP contribution in [0.15, 0.2) is 53.3 Å². The van der Waals surface area contributed by atoms with Crippen molar-refractivity contribution in [3.63, 3.8) is 0 Å². The van der Waals surface area contributed by atoms with Crippen LogP contribution in [0, 0.1) is 6.92 Å². The van der Waals surface area contributed by atoms with E-state index in [4.69, 9.17) is 14.8 Å². The van der Waals surface area contributed by atoms with Gasteiger partial charge in [0.05, 0.1) is 46.9 Å². The maximum absolute atomic E-state index is 14.5. The fraction of sp³-hybridized carbons (Fsp3) is 0.486. The maximum atomic E-state index is 14.5.